The molecule has 7 heteroatoms. The fourth-order valence-corrected chi connectivity index (χ4v) is 2.63. The first-order valence-corrected chi connectivity index (χ1v) is 7.48. The van der Waals surface area contributed by atoms with Gasteiger partial charge >= 0.3 is 0 Å². The molecular weight excluding hydrogens is 282 g/mol. The average molecular weight is 301 g/mol. The first-order chi connectivity index (χ1) is 10.8. The third-order valence-corrected chi connectivity index (χ3v) is 3.81. The van der Waals surface area contributed by atoms with Crippen LogP contribution in [0.2, 0.25) is 0 Å². The maximum absolute atomic E-state index is 12.4. The van der Waals surface area contributed by atoms with Gasteiger partial charge in [-0.15, -0.1) is 0 Å². The number of hydrogen-bond donors (Lipinski definition) is 1. The van der Waals surface area contributed by atoms with Gasteiger partial charge in [-0.3, -0.25) is 9.36 Å². The molecule has 116 valence electrons. The Kier molecular flexibility index (Phi) is 4.32. The highest BCUT2D eigenvalue weighted by molar-refractivity contribution is 5.92. The van der Waals surface area contributed by atoms with E-state index in [0.717, 1.165) is 12.8 Å². The van der Waals surface area contributed by atoms with E-state index in [9.17, 15) is 4.79 Å². The van der Waals surface area contributed by atoms with E-state index >= 15 is 0 Å². The van der Waals surface area contributed by atoms with Gasteiger partial charge in [0.15, 0.2) is 0 Å². The Balaban J connectivity index is 1.82. The van der Waals surface area contributed by atoms with E-state index in [2.05, 4.69) is 20.3 Å². The summed E-state index contributed by atoms with van der Waals surface area (Å²) in [4.78, 5) is 24.9. The first kappa shape index (κ1) is 14.5. The second-order valence-electron chi connectivity index (χ2n) is 5.37. The predicted molar refractivity (Wildman–Crippen MR) is 80.0 cm³/mol. The minimum atomic E-state index is -0.186. The van der Waals surface area contributed by atoms with Crippen molar-refractivity contribution in [3.8, 4) is 11.8 Å². The number of imidazole rings is 1. The summed E-state index contributed by atoms with van der Waals surface area (Å²) >= 11 is 0. The van der Waals surface area contributed by atoms with Crippen LogP contribution in [0.3, 0.4) is 0 Å². The number of aromatic nitrogens is 4. The van der Waals surface area contributed by atoms with Crippen LogP contribution in [0, 0.1) is 0 Å². The summed E-state index contributed by atoms with van der Waals surface area (Å²) in [7, 11) is 1.52. The number of amides is 1. The molecule has 1 saturated carbocycles. The smallest absolute Gasteiger partial charge is 0.270 e. The summed E-state index contributed by atoms with van der Waals surface area (Å²) in [5.74, 6) is 0.534. The Morgan fingerprint density at radius 1 is 1.32 bits per heavy atom. The molecule has 22 heavy (non-hydrogen) atoms. The van der Waals surface area contributed by atoms with Gasteiger partial charge in [0, 0.05) is 24.5 Å². The van der Waals surface area contributed by atoms with Crippen molar-refractivity contribution < 1.29 is 9.53 Å². The van der Waals surface area contributed by atoms with E-state index in [1.165, 1.54) is 26.4 Å². The highest BCUT2D eigenvalue weighted by Gasteiger charge is 2.19. The lowest BCUT2D eigenvalue weighted by Gasteiger charge is -2.22. The van der Waals surface area contributed by atoms with E-state index in [4.69, 9.17) is 4.74 Å². The molecule has 0 bridgehead atoms. The van der Waals surface area contributed by atoms with Crippen LogP contribution in [0.1, 0.15) is 42.6 Å². The number of nitrogens with one attached hydrogen (secondary N) is 1. The zero-order valence-electron chi connectivity index (χ0n) is 12.5. The number of ether oxygens (including phenoxy) is 1. The molecule has 0 atom stereocenters. The molecule has 7 nitrogen and oxygen atoms in total. The fourth-order valence-electron chi connectivity index (χ4n) is 2.63. The van der Waals surface area contributed by atoms with E-state index in [-0.39, 0.29) is 11.9 Å². The van der Waals surface area contributed by atoms with Crippen LogP contribution >= 0.6 is 0 Å². The Morgan fingerprint density at radius 2 is 2.14 bits per heavy atom. The van der Waals surface area contributed by atoms with Crippen LogP contribution < -0.4 is 10.1 Å². The molecular formula is C15H19N5O2. The molecule has 2 heterocycles. The van der Waals surface area contributed by atoms with Gasteiger partial charge in [0.05, 0.1) is 7.11 Å². The molecule has 1 amide bonds. The van der Waals surface area contributed by atoms with Gasteiger partial charge < -0.3 is 10.1 Å². The molecule has 0 aromatic carbocycles. The van der Waals surface area contributed by atoms with Gasteiger partial charge in [-0.1, -0.05) is 19.3 Å². The molecule has 1 aliphatic carbocycles. The Labute approximate surface area is 128 Å². The number of rotatable bonds is 4. The van der Waals surface area contributed by atoms with Crippen molar-refractivity contribution in [2.75, 3.05) is 7.11 Å². The molecule has 2 aromatic heterocycles. The lowest BCUT2D eigenvalue weighted by Crippen LogP contribution is -2.36. The Bertz CT molecular complexity index is 635. The van der Waals surface area contributed by atoms with Crippen molar-refractivity contribution in [3.05, 3.63) is 30.5 Å². The normalized spacial score (nSPS) is 15.5. The largest absolute Gasteiger partial charge is 0.481 e. The molecule has 2 aromatic rings. The van der Waals surface area contributed by atoms with Gasteiger partial charge in [0.1, 0.15) is 12.0 Å². The average Bonchev–Trinajstić information content (AvgIpc) is 3.10. The first-order valence-electron chi connectivity index (χ1n) is 7.48. The van der Waals surface area contributed by atoms with Crippen LogP contribution in [0.5, 0.6) is 5.88 Å². The number of methoxy groups -OCH3 is 1. The second-order valence-corrected chi connectivity index (χ2v) is 5.37. The SMILES string of the molecule is COc1cc(C(=O)NC2CCCCC2)nc(-n2ccnc2)n1. The molecule has 0 spiro atoms. The number of hydrogen-bond acceptors (Lipinski definition) is 5. The quantitative estimate of drug-likeness (QED) is 0.930. The molecule has 0 radical (unpaired) electrons. The van der Waals surface area contributed by atoms with Crippen LogP contribution in [0.15, 0.2) is 24.8 Å². The Hall–Kier alpha value is -2.44. The number of carbonyl (C=O) groups excluding carboxylic acids is 1. The summed E-state index contributed by atoms with van der Waals surface area (Å²) in [6.07, 6.45) is 10.6. The summed E-state index contributed by atoms with van der Waals surface area (Å²) in [5, 5.41) is 3.05. The molecule has 0 aliphatic heterocycles. The van der Waals surface area contributed by atoms with Crippen molar-refractivity contribution in [1.29, 1.82) is 0 Å². The second kappa shape index (κ2) is 6.55. The summed E-state index contributed by atoms with van der Waals surface area (Å²) in [6, 6.07) is 1.79. The van der Waals surface area contributed by atoms with Crippen molar-refractivity contribution in [2.45, 2.75) is 38.1 Å². The lowest BCUT2D eigenvalue weighted by molar-refractivity contribution is 0.0922. The van der Waals surface area contributed by atoms with Crippen molar-refractivity contribution >= 4 is 5.91 Å². The van der Waals surface area contributed by atoms with Crippen molar-refractivity contribution in [1.82, 2.24) is 24.8 Å². The maximum Gasteiger partial charge on any atom is 0.270 e. The highest BCUT2D eigenvalue weighted by atomic mass is 16.5. The predicted octanol–water partition coefficient (Wildman–Crippen LogP) is 1.73. The van der Waals surface area contributed by atoms with E-state index in [1.807, 2.05) is 0 Å². The summed E-state index contributed by atoms with van der Waals surface area (Å²) in [6.45, 7) is 0. The van der Waals surface area contributed by atoms with Crippen LogP contribution in [0.4, 0.5) is 0 Å². The zero-order valence-corrected chi connectivity index (χ0v) is 12.5. The lowest BCUT2D eigenvalue weighted by atomic mass is 9.95. The van der Waals surface area contributed by atoms with Crippen LogP contribution in [-0.4, -0.2) is 38.6 Å². The Morgan fingerprint density at radius 3 is 2.82 bits per heavy atom. The minimum Gasteiger partial charge on any atom is -0.481 e. The highest BCUT2D eigenvalue weighted by Crippen LogP contribution is 2.18. The molecule has 0 saturated heterocycles. The number of nitrogens with zero attached hydrogens (tertiary/aromatic N) is 4. The maximum atomic E-state index is 12.4. The molecule has 3 rings (SSSR count). The van der Waals surface area contributed by atoms with Crippen LogP contribution in [-0.2, 0) is 0 Å². The van der Waals surface area contributed by atoms with Gasteiger partial charge in [0.25, 0.3) is 5.91 Å². The third kappa shape index (κ3) is 3.24. The number of carbonyl (C=O) groups is 1. The topological polar surface area (TPSA) is 81.9 Å². The van der Waals surface area contributed by atoms with Crippen molar-refractivity contribution in [3.63, 3.8) is 0 Å². The summed E-state index contributed by atoms with van der Waals surface area (Å²) in [5.41, 5.74) is 0.307. The molecule has 1 aliphatic rings. The van der Waals surface area contributed by atoms with E-state index < -0.39 is 0 Å². The molecule has 0 unspecified atom stereocenters. The van der Waals surface area contributed by atoms with Gasteiger partial charge in [-0.2, -0.15) is 4.98 Å². The third-order valence-electron chi connectivity index (χ3n) is 3.81. The standard InChI is InChI=1S/C15H19N5O2/c1-22-13-9-12(14(21)17-11-5-3-2-4-6-11)18-15(19-13)20-8-7-16-10-20/h7-11H,2-6H2,1H3,(H,17,21). The molecule has 1 fully saturated rings. The summed E-state index contributed by atoms with van der Waals surface area (Å²) < 4.78 is 6.81. The van der Waals surface area contributed by atoms with E-state index in [1.54, 1.807) is 29.4 Å². The fraction of sp³-hybridized carbons (Fsp3) is 0.467. The monoisotopic (exact) mass is 301 g/mol. The molecule has 1 N–H and O–H groups in total. The van der Waals surface area contributed by atoms with E-state index in [0.29, 0.717) is 17.5 Å². The van der Waals surface area contributed by atoms with Gasteiger partial charge in [-0.05, 0) is 12.8 Å². The van der Waals surface area contributed by atoms with Gasteiger partial charge in [-0.25, -0.2) is 9.97 Å². The minimum absolute atomic E-state index is 0.186. The van der Waals surface area contributed by atoms with Gasteiger partial charge in [0.2, 0.25) is 11.8 Å². The zero-order chi connectivity index (χ0) is 15.4. The van der Waals surface area contributed by atoms with Crippen molar-refractivity contribution in [2.24, 2.45) is 0 Å². The van der Waals surface area contributed by atoms with Crippen LogP contribution in [0.25, 0.3) is 5.95 Å².